The second-order valence-corrected chi connectivity index (χ2v) is 6.11. The van der Waals surface area contributed by atoms with E-state index in [4.69, 9.17) is 25.3 Å². The van der Waals surface area contributed by atoms with Crippen molar-refractivity contribution in [2.24, 2.45) is 28.0 Å². The number of hydrogen-bond donors (Lipinski definition) is 0. The number of hydrogen-bond acceptors (Lipinski definition) is 7. The van der Waals surface area contributed by atoms with Crippen LogP contribution in [0.4, 0.5) is 0 Å². The zero-order valence-corrected chi connectivity index (χ0v) is 14.8. The van der Waals surface area contributed by atoms with E-state index in [2.05, 4.69) is 20.1 Å². The average Bonchev–Trinajstić information content (AvgIpc) is 2.58. The van der Waals surface area contributed by atoms with Crippen molar-refractivity contribution in [3.05, 3.63) is 20.9 Å². The minimum absolute atomic E-state index is 0.0662. The topological polar surface area (TPSA) is 159 Å². The number of ether oxygens (including phenoxy) is 3. The van der Waals surface area contributed by atoms with E-state index in [1.165, 1.54) is 6.92 Å². The molecular weight excluding hydrogens is 332 g/mol. The first kappa shape index (κ1) is 20.6. The molecule has 0 radical (unpaired) electrons. The molecule has 138 valence electrons. The highest BCUT2D eigenvalue weighted by atomic mass is 16.6. The first-order valence-electron chi connectivity index (χ1n) is 7.75. The number of rotatable bonds is 6. The van der Waals surface area contributed by atoms with E-state index in [0.29, 0.717) is 0 Å². The van der Waals surface area contributed by atoms with Gasteiger partial charge in [-0.05, 0) is 28.0 Å². The summed E-state index contributed by atoms with van der Waals surface area (Å²) in [6, 6.07) is -1.08. The van der Waals surface area contributed by atoms with Crippen molar-refractivity contribution in [2.45, 2.75) is 45.6 Å². The van der Waals surface area contributed by atoms with Gasteiger partial charge in [-0.1, -0.05) is 25.9 Å². The zero-order valence-electron chi connectivity index (χ0n) is 14.8. The van der Waals surface area contributed by atoms with Crippen LogP contribution in [-0.2, 0) is 23.8 Å². The molecule has 1 heterocycles. The molecule has 6 atom stereocenters. The van der Waals surface area contributed by atoms with E-state index in [-0.39, 0.29) is 24.4 Å². The summed E-state index contributed by atoms with van der Waals surface area (Å²) in [6.45, 7) is 6.76. The van der Waals surface area contributed by atoms with Crippen molar-refractivity contribution in [3.63, 3.8) is 0 Å². The number of azide groups is 2. The van der Waals surface area contributed by atoms with Crippen LogP contribution in [0.5, 0.6) is 0 Å². The Morgan fingerprint density at radius 1 is 1.28 bits per heavy atom. The van der Waals surface area contributed by atoms with Crippen LogP contribution in [0.25, 0.3) is 20.9 Å². The number of carbonyl (C=O) groups excluding carboxylic acids is 2. The van der Waals surface area contributed by atoms with Gasteiger partial charge in [-0.2, -0.15) is 0 Å². The summed E-state index contributed by atoms with van der Waals surface area (Å²) >= 11 is 0. The molecule has 2 unspecified atom stereocenters. The Labute approximate surface area is 144 Å². The van der Waals surface area contributed by atoms with Crippen molar-refractivity contribution in [1.29, 1.82) is 0 Å². The van der Waals surface area contributed by atoms with Crippen LogP contribution in [-0.4, -0.2) is 43.5 Å². The zero-order chi connectivity index (χ0) is 19.2. The molecule has 11 heteroatoms. The van der Waals surface area contributed by atoms with Gasteiger partial charge in [0.25, 0.3) is 5.72 Å². The minimum Gasteiger partial charge on any atom is -0.467 e. The van der Waals surface area contributed by atoms with E-state index < -0.39 is 29.8 Å². The molecule has 1 aliphatic rings. The molecule has 0 aromatic heterocycles. The highest BCUT2D eigenvalue weighted by molar-refractivity contribution is 5.80. The summed E-state index contributed by atoms with van der Waals surface area (Å²) in [5.41, 5.74) is 15.7. The van der Waals surface area contributed by atoms with Gasteiger partial charge in [0.1, 0.15) is 0 Å². The van der Waals surface area contributed by atoms with E-state index in [1.54, 1.807) is 13.8 Å². The third-order valence-corrected chi connectivity index (χ3v) is 4.52. The maximum absolute atomic E-state index is 12.4. The van der Waals surface area contributed by atoms with E-state index >= 15 is 0 Å². The largest absolute Gasteiger partial charge is 0.467 e. The first-order valence-corrected chi connectivity index (χ1v) is 7.75. The lowest BCUT2D eigenvalue weighted by atomic mass is 9.74. The Balaban J connectivity index is 3.34. The molecule has 0 saturated carbocycles. The van der Waals surface area contributed by atoms with Gasteiger partial charge in [0.15, 0.2) is 0 Å². The Kier molecular flexibility index (Phi) is 7.05. The summed E-state index contributed by atoms with van der Waals surface area (Å²) in [5, 5.41) is 7.14. The number of carbonyl (C=O) groups is 2. The summed E-state index contributed by atoms with van der Waals surface area (Å²) in [5.74, 6) is -2.23. The highest BCUT2D eigenvalue weighted by Gasteiger charge is 2.57. The van der Waals surface area contributed by atoms with E-state index in [0.717, 1.165) is 7.11 Å². The lowest BCUT2D eigenvalue weighted by Gasteiger charge is -2.48. The summed E-state index contributed by atoms with van der Waals surface area (Å²) in [4.78, 5) is 28.9. The van der Waals surface area contributed by atoms with Crippen LogP contribution in [0, 0.1) is 17.8 Å². The quantitative estimate of drug-likeness (QED) is 0.310. The molecule has 0 N–H and O–H groups in total. The molecule has 1 saturated heterocycles. The summed E-state index contributed by atoms with van der Waals surface area (Å²) < 4.78 is 15.6. The van der Waals surface area contributed by atoms with Gasteiger partial charge >= 0.3 is 11.9 Å². The summed E-state index contributed by atoms with van der Waals surface area (Å²) in [6.07, 6.45) is -0.593. The minimum atomic E-state index is -2.11. The third kappa shape index (κ3) is 4.14. The lowest BCUT2D eigenvalue weighted by molar-refractivity contribution is -0.217. The maximum Gasteiger partial charge on any atom is 0.344 e. The smallest absolute Gasteiger partial charge is 0.344 e. The van der Waals surface area contributed by atoms with Gasteiger partial charge < -0.3 is 14.2 Å². The van der Waals surface area contributed by atoms with Crippen LogP contribution < -0.4 is 0 Å². The average molecular weight is 354 g/mol. The monoisotopic (exact) mass is 354 g/mol. The molecule has 11 nitrogen and oxygen atoms in total. The first-order chi connectivity index (χ1) is 11.7. The van der Waals surface area contributed by atoms with Gasteiger partial charge in [0, 0.05) is 22.7 Å². The maximum atomic E-state index is 12.4. The van der Waals surface area contributed by atoms with Crippen LogP contribution >= 0.6 is 0 Å². The van der Waals surface area contributed by atoms with Gasteiger partial charge in [-0.15, -0.1) is 0 Å². The molecule has 1 aliphatic heterocycles. The standard InChI is InChI=1S/C14H22N6O5/c1-7(6-24-10(4)21)11-8(2)9(3)12(17-19-15)14(25-11,18-20-16)13(22)23-5/h7-9,11-12H,6H2,1-5H3/t7-,8-,9+,11?,12?,14+/m1/s1. The Morgan fingerprint density at radius 2 is 1.92 bits per heavy atom. The predicted molar refractivity (Wildman–Crippen MR) is 85.8 cm³/mol. The summed E-state index contributed by atoms with van der Waals surface area (Å²) in [7, 11) is 1.12. The van der Waals surface area contributed by atoms with Crippen LogP contribution in [0.3, 0.4) is 0 Å². The number of nitrogens with zero attached hydrogens (tertiary/aromatic N) is 6. The van der Waals surface area contributed by atoms with Crippen molar-refractivity contribution < 1.29 is 23.8 Å². The fourth-order valence-corrected chi connectivity index (χ4v) is 3.05. The molecule has 1 rings (SSSR count). The lowest BCUT2D eigenvalue weighted by Crippen LogP contribution is -2.62. The molecule has 25 heavy (non-hydrogen) atoms. The Morgan fingerprint density at radius 3 is 2.40 bits per heavy atom. The van der Waals surface area contributed by atoms with E-state index in [9.17, 15) is 9.59 Å². The number of esters is 2. The number of methoxy groups -OCH3 is 1. The van der Waals surface area contributed by atoms with Gasteiger partial charge in [-0.25, -0.2) is 4.79 Å². The third-order valence-electron chi connectivity index (χ3n) is 4.52. The molecular formula is C14H22N6O5. The molecule has 0 aliphatic carbocycles. The van der Waals surface area contributed by atoms with Gasteiger partial charge in [0.05, 0.1) is 25.9 Å². The molecule has 0 aromatic rings. The predicted octanol–water partition coefficient (Wildman–Crippen LogP) is 2.72. The molecule has 0 amide bonds. The van der Waals surface area contributed by atoms with Gasteiger partial charge in [0.2, 0.25) is 0 Å². The molecule has 0 bridgehead atoms. The van der Waals surface area contributed by atoms with Crippen LogP contribution in [0.2, 0.25) is 0 Å². The van der Waals surface area contributed by atoms with Crippen LogP contribution in [0.15, 0.2) is 10.2 Å². The normalized spacial score (nSPS) is 32.5. The molecule has 0 spiro atoms. The van der Waals surface area contributed by atoms with E-state index in [1.807, 2.05) is 6.92 Å². The second-order valence-electron chi connectivity index (χ2n) is 6.11. The van der Waals surface area contributed by atoms with Crippen molar-refractivity contribution in [1.82, 2.24) is 0 Å². The fraction of sp³-hybridized carbons (Fsp3) is 0.857. The van der Waals surface area contributed by atoms with Crippen LogP contribution in [0.1, 0.15) is 27.7 Å². The Bertz CT molecular complexity index is 615. The fourth-order valence-electron chi connectivity index (χ4n) is 3.05. The van der Waals surface area contributed by atoms with Crippen molar-refractivity contribution >= 4 is 11.9 Å². The Hall–Kier alpha value is -2.48. The molecule has 1 fully saturated rings. The van der Waals surface area contributed by atoms with Gasteiger partial charge in [-0.3, -0.25) is 4.79 Å². The second kappa shape index (κ2) is 8.57. The van der Waals surface area contributed by atoms with Crippen molar-refractivity contribution in [3.8, 4) is 0 Å². The SMILES string of the molecule is COC(=O)[C@@]1(N=[N+]=[N-])OC([C@H](C)COC(C)=O)[C@H](C)[C@H](C)C1N=[N+]=[N-]. The highest BCUT2D eigenvalue weighted by Crippen LogP contribution is 2.43. The molecule has 0 aromatic carbocycles. The van der Waals surface area contributed by atoms with Crippen molar-refractivity contribution in [2.75, 3.05) is 13.7 Å².